The van der Waals surface area contributed by atoms with Gasteiger partial charge in [0.15, 0.2) is 0 Å². The van der Waals surface area contributed by atoms with Gasteiger partial charge in [-0.25, -0.2) is 15.0 Å². The highest BCUT2D eigenvalue weighted by Crippen LogP contribution is 2.37. The molecule has 5 heterocycles. The molecule has 0 aromatic carbocycles. The van der Waals surface area contributed by atoms with Crippen LogP contribution in [0.1, 0.15) is 25.2 Å². The van der Waals surface area contributed by atoms with Crippen LogP contribution < -0.4 is 4.90 Å². The highest BCUT2D eigenvalue weighted by Gasteiger charge is 2.46. The first-order valence-corrected chi connectivity index (χ1v) is 8.82. The number of fused-ring (bicyclic) bond motifs is 3. The van der Waals surface area contributed by atoms with Crippen LogP contribution in [-0.4, -0.2) is 50.0 Å². The average molecular weight is 325 g/mol. The van der Waals surface area contributed by atoms with E-state index in [1.54, 1.807) is 11.3 Å². The Balaban J connectivity index is 1.37. The van der Waals surface area contributed by atoms with Gasteiger partial charge in [-0.3, -0.25) is 4.90 Å². The number of imidazole rings is 1. The molecule has 2 aliphatic heterocycles. The fourth-order valence-corrected chi connectivity index (χ4v) is 4.58. The number of aromatic nitrogens is 4. The van der Waals surface area contributed by atoms with Crippen LogP contribution in [0.5, 0.6) is 0 Å². The van der Waals surface area contributed by atoms with Gasteiger partial charge in [0.05, 0.1) is 16.3 Å². The van der Waals surface area contributed by atoms with Crippen molar-refractivity contribution in [2.45, 2.75) is 31.5 Å². The van der Waals surface area contributed by atoms with Crippen LogP contribution in [-0.2, 0) is 0 Å². The Morgan fingerprint density at radius 1 is 1.39 bits per heavy atom. The summed E-state index contributed by atoms with van der Waals surface area (Å²) in [6.07, 6.45) is 8.03. The molecule has 3 aromatic heterocycles. The van der Waals surface area contributed by atoms with Gasteiger partial charge in [0.25, 0.3) is 0 Å². The molecule has 7 heteroatoms. The number of aromatic amines is 1. The lowest BCUT2D eigenvalue weighted by Gasteiger charge is -2.36. The number of likely N-dealkylation sites (tertiary alicyclic amines) is 1. The highest BCUT2D eigenvalue weighted by atomic mass is 32.1. The lowest BCUT2D eigenvalue weighted by atomic mass is 10.2. The fourth-order valence-electron chi connectivity index (χ4n) is 3.92. The molecule has 1 radical (unpaired) electrons. The minimum absolute atomic E-state index is 0.328. The molecule has 5 rings (SSSR count). The Morgan fingerprint density at radius 3 is 3.13 bits per heavy atom. The highest BCUT2D eigenvalue weighted by molar-refractivity contribution is 7.17. The summed E-state index contributed by atoms with van der Waals surface area (Å²) in [7, 11) is 0. The zero-order valence-electron chi connectivity index (χ0n) is 12.8. The van der Waals surface area contributed by atoms with Gasteiger partial charge in [0, 0.05) is 37.6 Å². The third-order valence-electron chi connectivity index (χ3n) is 5.07. The van der Waals surface area contributed by atoms with Crippen LogP contribution in [0.15, 0.2) is 23.8 Å². The molecule has 2 fully saturated rings. The van der Waals surface area contributed by atoms with Crippen LogP contribution in [0, 0.1) is 6.20 Å². The molecule has 0 saturated carbocycles. The van der Waals surface area contributed by atoms with E-state index in [-0.39, 0.29) is 0 Å². The second kappa shape index (κ2) is 5.01. The number of hydrogen-bond donors (Lipinski definition) is 1. The van der Waals surface area contributed by atoms with Crippen LogP contribution in [0.4, 0.5) is 5.95 Å². The number of thiophene rings is 1. The molecular formula is C16H17N6S. The molecule has 23 heavy (non-hydrogen) atoms. The maximum Gasteiger partial charge on any atom is 0.226 e. The second-order valence-corrected chi connectivity index (χ2v) is 7.23. The van der Waals surface area contributed by atoms with Crippen molar-refractivity contribution in [3.8, 4) is 0 Å². The predicted molar refractivity (Wildman–Crippen MR) is 89.5 cm³/mol. The topological polar surface area (TPSA) is 60.9 Å². The van der Waals surface area contributed by atoms with Crippen molar-refractivity contribution in [1.82, 2.24) is 24.8 Å². The summed E-state index contributed by atoms with van der Waals surface area (Å²) < 4.78 is 1.03. The van der Waals surface area contributed by atoms with Crippen molar-refractivity contribution in [2.75, 3.05) is 18.0 Å². The van der Waals surface area contributed by atoms with Crippen LogP contribution >= 0.6 is 11.3 Å². The van der Waals surface area contributed by atoms with Crippen molar-refractivity contribution in [3.05, 3.63) is 35.9 Å². The molecule has 0 spiro atoms. The first-order valence-electron chi connectivity index (χ1n) is 7.94. The molecule has 3 atom stereocenters. The summed E-state index contributed by atoms with van der Waals surface area (Å²) in [5.74, 6) is 1.88. The Bertz CT molecular complexity index is 828. The molecular weight excluding hydrogens is 308 g/mol. The summed E-state index contributed by atoms with van der Waals surface area (Å²) in [5.41, 5.74) is 1.00. The molecule has 1 unspecified atom stereocenters. The SMILES string of the molecule is CC(c1ncc[nH]1)N1C[C@@H]2C[C@H]1CN2c1n[c]c2sccc2n1. The van der Waals surface area contributed by atoms with Gasteiger partial charge in [-0.2, -0.15) is 0 Å². The smallest absolute Gasteiger partial charge is 0.226 e. The molecule has 117 valence electrons. The maximum atomic E-state index is 4.71. The predicted octanol–water partition coefficient (Wildman–Crippen LogP) is 2.24. The molecule has 2 aliphatic rings. The monoisotopic (exact) mass is 325 g/mol. The van der Waals surface area contributed by atoms with E-state index in [0.29, 0.717) is 18.1 Å². The number of anilines is 1. The van der Waals surface area contributed by atoms with Crippen molar-refractivity contribution in [2.24, 2.45) is 0 Å². The van der Waals surface area contributed by atoms with E-state index in [2.05, 4.69) is 37.9 Å². The fraction of sp³-hybridized carbons (Fsp3) is 0.438. The summed E-state index contributed by atoms with van der Waals surface area (Å²) in [6.45, 7) is 4.25. The van der Waals surface area contributed by atoms with Crippen LogP contribution in [0.2, 0.25) is 0 Å². The van der Waals surface area contributed by atoms with Gasteiger partial charge in [0.1, 0.15) is 12.0 Å². The van der Waals surface area contributed by atoms with Gasteiger partial charge in [-0.05, 0) is 24.8 Å². The Hall–Kier alpha value is -1.99. The normalized spacial score (nSPS) is 25.5. The quantitative estimate of drug-likeness (QED) is 0.800. The standard InChI is InChI=1S/C16H17N6S/c1-10(15-17-3-4-18-15)21-8-12-6-11(21)9-22(12)16-19-7-14-13(20-16)2-5-23-14/h2-5,10-12H,6,8-9H2,1H3,(H,17,18)/t10?,11-,12-/m0/s1. The Labute approximate surface area is 138 Å². The van der Waals surface area contributed by atoms with E-state index < -0.39 is 0 Å². The van der Waals surface area contributed by atoms with Crippen molar-refractivity contribution in [1.29, 1.82) is 0 Å². The molecule has 3 aromatic rings. The number of nitrogens with zero attached hydrogens (tertiary/aromatic N) is 5. The number of piperazine rings is 1. The number of nitrogens with one attached hydrogen (secondary N) is 1. The summed E-state index contributed by atoms with van der Waals surface area (Å²) in [6, 6.07) is 3.40. The van der Waals surface area contributed by atoms with Gasteiger partial charge in [-0.1, -0.05) is 0 Å². The van der Waals surface area contributed by atoms with Gasteiger partial charge in [-0.15, -0.1) is 11.3 Å². The zero-order valence-corrected chi connectivity index (χ0v) is 13.6. The summed E-state index contributed by atoms with van der Waals surface area (Å²) >= 11 is 1.64. The van der Waals surface area contributed by atoms with Crippen LogP contribution in [0.25, 0.3) is 10.2 Å². The van der Waals surface area contributed by atoms with E-state index in [9.17, 15) is 0 Å². The third-order valence-corrected chi connectivity index (χ3v) is 5.88. The number of H-pyrrole nitrogens is 1. The van der Waals surface area contributed by atoms with Gasteiger partial charge >= 0.3 is 0 Å². The Kier molecular flexibility index (Phi) is 2.93. The van der Waals surface area contributed by atoms with Crippen LogP contribution in [0.3, 0.4) is 0 Å². The lowest BCUT2D eigenvalue weighted by Crippen LogP contribution is -2.47. The van der Waals surface area contributed by atoms with Gasteiger partial charge in [0.2, 0.25) is 5.95 Å². The molecule has 6 nitrogen and oxygen atoms in total. The minimum atomic E-state index is 0.328. The summed E-state index contributed by atoms with van der Waals surface area (Å²) in [4.78, 5) is 21.7. The zero-order chi connectivity index (χ0) is 15.4. The largest absolute Gasteiger partial charge is 0.347 e. The first kappa shape index (κ1) is 13.4. The molecule has 2 bridgehead atoms. The Morgan fingerprint density at radius 2 is 2.35 bits per heavy atom. The van der Waals surface area contributed by atoms with E-state index in [1.807, 2.05) is 23.8 Å². The minimum Gasteiger partial charge on any atom is -0.347 e. The number of rotatable bonds is 3. The van der Waals surface area contributed by atoms with E-state index in [4.69, 9.17) is 4.98 Å². The van der Waals surface area contributed by atoms with Crippen molar-refractivity contribution >= 4 is 27.5 Å². The lowest BCUT2D eigenvalue weighted by molar-refractivity contribution is 0.174. The molecule has 0 amide bonds. The average Bonchev–Trinajstić information content (AvgIpc) is 3.36. The van der Waals surface area contributed by atoms with Crippen molar-refractivity contribution in [3.63, 3.8) is 0 Å². The molecule has 0 aliphatic carbocycles. The molecule has 2 saturated heterocycles. The van der Waals surface area contributed by atoms with E-state index in [0.717, 1.165) is 35.1 Å². The third kappa shape index (κ3) is 2.07. The second-order valence-electron chi connectivity index (χ2n) is 6.31. The van der Waals surface area contributed by atoms with Crippen molar-refractivity contribution < 1.29 is 0 Å². The maximum absolute atomic E-state index is 4.71. The number of hydrogen-bond acceptors (Lipinski definition) is 6. The van der Waals surface area contributed by atoms with E-state index in [1.165, 1.54) is 6.42 Å². The van der Waals surface area contributed by atoms with E-state index >= 15 is 0 Å². The summed E-state index contributed by atoms with van der Waals surface area (Å²) in [5, 5.41) is 2.04. The molecule has 1 N–H and O–H groups in total. The van der Waals surface area contributed by atoms with Gasteiger partial charge < -0.3 is 9.88 Å². The first-order chi connectivity index (χ1) is 11.3.